The second-order valence-electron chi connectivity index (χ2n) is 4.81. The first-order valence-corrected chi connectivity index (χ1v) is 6.31. The Hall–Kier alpha value is -2.74. The molecule has 3 rings (SSSR count). The van der Waals surface area contributed by atoms with Crippen LogP contribution in [0.1, 0.15) is 23.0 Å². The van der Waals surface area contributed by atoms with E-state index in [4.69, 9.17) is 0 Å². The zero-order chi connectivity index (χ0) is 15.0. The number of nitro groups is 1. The Morgan fingerprint density at radius 3 is 2.71 bits per heavy atom. The fourth-order valence-electron chi connectivity index (χ4n) is 2.49. The van der Waals surface area contributed by atoms with Gasteiger partial charge in [0.1, 0.15) is 6.04 Å². The van der Waals surface area contributed by atoms with Crippen LogP contribution in [-0.2, 0) is 11.2 Å². The number of rotatable bonds is 3. The Balaban J connectivity index is 1.97. The highest BCUT2D eigenvalue weighted by Crippen LogP contribution is 2.29. The molecule has 1 aromatic heterocycles. The minimum absolute atomic E-state index is 0.00778. The molecule has 2 aromatic rings. The highest BCUT2D eigenvalue weighted by molar-refractivity contribution is 5.74. The third-order valence-electron chi connectivity index (χ3n) is 3.54. The molecule has 2 unspecified atom stereocenters. The van der Waals surface area contributed by atoms with E-state index in [2.05, 4.69) is 15.3 Å². The highest BCUT2D eigenvalue weighted by atomic mass is 16.6. The second kappa shape index (κ2) is 4.98. The number of benzene rings is 1. The van der Waals surface area contributed by atoms with Crippen molar-refractivity contribution in [1.29, 1.82) is 0 Å². The van der Waals surface area contributed by atoms with E-state index in [0.717, 1.165) is 17.0 Å². The third-order valence-corrected chi connectivity index (χ3v) is 3.54. The maximum absolute atomic E-state index is 11.2. The number of fused-ring (bicyclic) bond motifs is 1. The molecule has 0 aliphatic carbocycles. The lowest BCUT2D eigenvalue weighted by Crippen LogP contribution is -2.45. The highest BCUT2D eigenvalue weighted by Gasteiger charge is 2.33. The van der Waals surface area contributed by atoms with Crippen LogP contribution in [0, 0.1) is 10.1 Å². The van der Waals surface area contributed by atoms with Crippen molar-refractivity contribution >= 4 is 11.7 Å². The van der Waals surface area contributed by atoms with Gasteiger partial charge < -0.3 is 10.1 Å². The van der Waals surface area contributed by atoms with Gasteiger partial charge in [0.05, 0.1) is 23.0 Å². The van der Waals surface area contributed by atoms with Gasteiger partial charge in [-0.1, -0.05) is 12.1 Å². The average molecular weight is 288 g/mol. The summed E-state index contributed by atoms with van der Waals surface area (Å²) in [5.74, 6) is -0.942. The number of nitrogens with one attached hydrogen (secondary N) is 2. The van der Waals surface area contributed by atoms with Gasteiger partial charge in [0, 0.05) is 24.2 Å². The first kappa shape index (κ1) is 13.3. The fraction of sp³-hybridized carbons (Fsp3) is 0.231. The quantitative estimate of drug-likeness (QED) is 0.572. The first-order valence-electron chi connectivity index (χ1n) is 6.31. The van der Waals surface area contributed by atoms with Crippen LogP contribution < -0.4 is 5.32 Å². The molecule has 0 spiro atoms. The Morgan fingerprint density at radius 2 is 2.10 bits per heavy atom. The number of H-pyrrole nitrogens is 1. The molecule has 2 atom stereocenters. The second-order valence-corrected chi connectivity index (χ2v) is 4.81. The monoisotopic (exact) mass is 288 g/mol. The van der Waals surface area contributed by atoms with Gasteiger partial charge in [0.15, 0.2) is 0 Å². The maximum Gasteiger partial charge on any atom is 0.321 e. The Bertz CT molecular complexity index is 694. The molecule has 21 heavy (non-hydrogen) atoms. The van der Waals surface area contributed by atoms with Crippen molar-refractivity contribution in [2.24, 2.45) is 0 Å². The lowest BCUT2D eigenvalue weighted by atomic mass is 9.94. The summed E-state index contributed by atoms with van der Waals surface area (Å²) < 4.78 is 0. The van der Waals surface area contributed by atoms with Crippen LogP contribution in [-0.4, -0.2) is 32.0 Å². The zero-order valence-corrected chi connectivity index (χ0v) is 10.8. The van der Waals surface area contributed by atoms with Gasteiger partial charge in [0.2, 0.25) is 0 Å². The summed E-state index contributed by atoms with van der Waals surface area (Å²) in [4.78, 5) is 28.6. The number of nitro benzene ring substituents is 1. The number of carbonyl (C=O) groups is 1. The van der Waals surface area contributed by atoms with Gasteiger partial charge in [-0.3, -0.25) is 20.2 Å². The van der Waals surface area contributed by atoms with Gasteiger partial charge in [-0.2, -0.15) is 0 Å². The van der Waals surface area contributed by atoms with E-state index in [1.54, 1.807) is 12.1 Å². The molecule has 3 N–H and O–H groups in total. The molecule has 1 aromatic carbocycles. The first-order chi connectivity index (χ1) is 10.1. The number of aromatic nitrogens is 2. The number of carboxylic acids is 1. The average Bonchev–Trinajstić information content (AvgIpc) is 2.94. The smallest absolute Gasteiger partial charge is 0.321 e. The number of imidazole rings is 1. The van der Waals surface area contributed by atoms with Crippen LogP contribution in [0.2, 0.25) is 0 Å². The number of hydrogen-bond acceptors (Lipinski definition) is 5. The fourth-order valence-corrected chi connectivity index (χ4v) is 2.49. The molecule has 0 saturated heterocycles. The molecule has 108 valence electrons. The summed E-state index contributed by atoms with van der Waals surface area (Å²) >= 11 is 0. The number of carboxylic acid groups (broad SMARTS) is 1. The molecule has 0 bridgehead atoms. The van der Waals surface area contributed by atoms with Crippen molar-refractivity contribution < 1.29 is 14.8 Å². The Morgan fingerprint density at radius 1 is 1.38 bits per heavy atom. The van der Waals surface area contributed by atoms with Crippen molar-refractivity contribution in [1.82, 2.24) is 15.3 Å². The summed E-state index contributed by atoms with van der Waals surface area (Å²) in [7, 11) is 0. The maximum atomic E-state index is 11.2. The lowest BCUT2D eigenvalue weighted by Gasteiger charge is -2.28. The van der Waals surface area contributed by atoms with Crippen molar-refractivity contribution in [3.63, 3.8) is 0 Å². The molecule has 2 heterocycles. The number of hydrogen-bond donors (Lipinski definition) is 3. The largest absolute Gasteiger partial charge is 0.480 e. The van der Waals surface area contributed by atoms with Gasteiger partial charge in [-0.15, -0.1) is 0 Å². The molecule has 0 radical (unpaired) electrons. The third kappa shape index (κ3) is 2.36. The van der Waals surface area contributed by atoms with E-state index in [1.807, 2.05) is 0 Å². The topological polar surface area (TPSA) is 121 Å². The van der Waals surface area contributed by atoms with Gasteiger partial charge in [0.25, 0.3) is 5.69 Å². The summed E-state index contributed by atoms with van der Waals surface area (Å²) in [6.45, 7) is 0. The number of non-ortho nitro benzene ring substituents is 1. The van der Waals surface area contributed by atoms with E-state index in [9.17, 15) is 20.0 Å². The number of aliphatic carboxylic acids is 1. The predicted octanol–water partition coefficient (Wildman–Crippen LogP) is 1.01. The molecule has 1 aliphatic rings. The Kier molecular flexibility index (Phi) is 3.15. The molecule has 1 aliphatic heterocycles. The molecule has 0 fully saturated rings. The van der Waals surface area contributed by atoms with Crippen LogP contribution in [0.5, 0.6) is 0 Å². The van der Waals surface area contributed by atoms with Crippen molar-refractivity contribution in [2.45, 2.75) is 18.5 Å². The molecule has 8 nitrogen and oxygen atoms in total. The van der Waals surface area contributed by atoms with Crippen LogP contribution in [0.4, 0.5) is 5.69 Å². The molecular formula is C13H12N4O4. The normalized spacial score (nSPS) is 20.8. The van der Waals surface area contributed by atoms with Crippen molar-refractivity contribution in [2.75, 3.05) is 0 Å². The van der Waals surface area contributed by atoms with Crippen molar-refractivity contribution in [3.05, 3.63) is 57.7 Å². The van der Waals surface area contributed by atoms with Gasteiger partial charge in [-0.05, 0) is 5.56 Å². The van der Waals surface area contributed by atoms with Crippen LogP contribution >= 0.6 is 0 Å². The Labute approximate surface area is 119 Å². The van der Waals surface area contributed by atoms with Crippen molar-refractivity contribution in [3.8, 4) is 0 Å². The van der Waals surface area contributed by atoms with Gasteiger partial charge >= 0.3 is 5.97 Å². The standard InChI is InChI=1S/C13H12N4O4/c18-13(19)10-5-9-12(15-6-14-9)11(16-10)7-1-3-8(4-2-7)17(20)21/h1-4,6,10-11,16H,5H2,(H,14,15)(H,18,19). The van der Waals surface area contributed by atoms with E-state index in [0.29, 0.717) is 6.42 Å². The number of aromatic amines is 1. The molecule has 0 saturated carbocycles. The summed E-state index contributed by atoms with van der Waals surface area (Å²) in [6.07, 6.45) is 1.85. The van der Waals surface area contributed by atoms with E-state index >= 15 is 0 Å². The minimum atomic E-state index is -0.942. The van der Waals surface area contributed by atoms with E-state index in [-0.39, 0.29) is 5.69 Å². The zero-order valence-electron chi connectivity index (χ0n) is 10.8. The summed E-state index contributed by atoms with van der Waals surface area (Å²) in [5, 5.41) is 22.9. The SMILES string of the molecule is O=C(O)C1Cc2[nH]cnc2C(c2ccc([N+](=O)[O-])cc2)N1. The van der Waals surface area contributed by atoms with Crippen LogP contribution in [0.25, 0.3) is 0 Å². The minimum Gasteiger partial charge on any atom is -0.480 e. The predicted molar refractivity (Wildman–Crippen MR) is 71.8 cm³/mol. The molecular weight excluding hydrogens is 276 g/mol. The van der Waals surface area contributed by atoms with E-state index < -0.39 is 23.0 Å². The molecule has 8 heteroatoms. The van der Waals surface area contributed by atoms with Crippen LogP contribution in [0.3, 0.4) is 0 Å². The lowest BCUT2D eigenvalue weighted by molar-refractivity contribution is -0.384. The summed E-state index contributed by atoms with van der Waals surface area (Å²) in [6, 6.07) is 4.89. The van der Waals surface area contributed by atoms with Gasteiger partial charge in [-0.25, -0.2) is 4.98 Å². The van der Waals surface area contributed by atoms with E-state index in [1.165, 1.54) is 18.5 Å². The number of nitrogens with zero attached hydrogens (tertiary/aromatic N) is 2. The summed E-state index contributed by atoms with van der Waals surface area (Å²) in [5.41, 5.74) is 2.22. The molecule has 0 amide bonds. The van der Waals surface area contributed by atoms with Crippen LogP contribution in [0.15, 0.2) is 30.6 Å².